The van der Waals surface area contributed by atoms with Gasteiger partial charge in [-0.2, -0.15) is 0 Å². The van der Waals surface area contributed by atoms with Gasteiger partial charge in [-0.3, -0.25) is 4.79 Å². The molecule has 0 saturated carbocycles. The summed E-state index contributed by atoms with van der Waals surface area (Å²) in [6, 6.07) is 0.579. The molecule has 1 rings (SSSR count). The third kappa shape index (κ3) is 5.04. The molecule has 1 fully saturated rings. The third-order valence-electron chi connectivity index (χ3n) is 3.61. The fourth-order valence-electron chi connectivity index (χ4n) is 2.20. The summed E-state index contributed by atoms with van der Waals surface area (Å²) in [5.41, 5.74) is 0. The van der Waals surface area contributed by atoms with Gasteiger partial charge in [-0.05, 0) is 20.4 Å². The Bertz CT molecular complexity index is 227. The molecule has 1 heterocycles. The van der Waals surface area contributed by atoms with Gasteiger partial charge in [0.2, 0.25) is 5.91 Å². The molecule has 0 aliphatic carbocycles. The van der Waals surface area contributed by atoms with Crippen LogP contribution in [0.3, 0.4) is 0 Å². The van der Waals surface area contributed by atoms with Crippen molar-refractivity contribution in [2.75, 3.05) is 39.8 Å². The number of amides is 1. The van der Waals surface area contributed by atoms with Gasteiger partial charge < -0.3 is 15.1 Å². The van der Waals surface area contributed by atoms with E-state index in [4.69, 9.17) is 0 Å². The second kappa shape index (κ2) is 7.67. The summed E-state index contributed by atoms with van der Waals surface area (Å²) in [6.45, 7) is 8.93. The van der Waals surface area contributed by atoms with Crippen LogP contribution in [-0.2, 0) is 4.79 Å². The van der Waals surface area contributed by atoms with E-state index in [1.807, 2.05) is 4.90 Å². The summed E-state index contributed by atoms with van der Waals surface area (Å²) in [7, 11) is 2.12. The van der Waals surface area contributed by atoms with Crippen molar-refractivity contribution in [2.45, 2.75) is 39.2 Å². The smallest absolute Gasteiger partial charge is 0.223 e. The molecule has 17 heavy (non-hydrogen) atoms. The minimum atomic E-state index is 0.307. The first-order valence-electron chi connectivity index (χ1n) is 6.84. The van der Waals surface area contributed by atoms with Crippen LogP contribution >= 0.6 is 0 Å². The van der Waals surface area contributed by atoms with Crippen molar-refractivity contribution in [3.8, 4) is 0 Å². The Labute approximate surface area is 105 Å². The quantitative estimate of drug-likeness (QED) is 0.751. The normalized spacial score (nSPS) is 18.5. The Balaban J connectivity index is 2.22. The van der Waals surface area contributed by atoms with E-state index in [2.05, 4.69) is 31.1 Å². The van der Waals surface area contributed by atoms with Crippen molar-refractivity contribution in [3.63, 3.8) is 0 Å². The molecule has 0 radical (unpaired) electrons. The molecule has 0 spiro atoms. The van der Waals surface area contributed by atoms with E-state index in [1.165, 1.54) is 12.8 Å². The molecule has 1 N–H and O–H groups in total. The van der Waals surface area contributed by atoms with Crippen LogP contribution in [0, 0.1) is 0 Å². The largest absolute Gasteiger partial charge is 0.340 e. The standard InChI is InChI=1S/C13H27N3O/c1-4-5-12(2)15(3)9-6-13(17)16-10-7-14-8-11-16/h12,14H,4-11H2,1-3H3. The summed E-state index contributed by atoms with van der Waals surface area (Å²) in [5, 5.41) is 3.27. The van der Waals surface area contributed by atoms with Crippen molar-refractivity contribution in [1.29, 1.82) is 0 Å². The Morgan fingerprint density at radius 1 is 1.41 bits per heavy atom. The highest BCUT2D eigenvalue weighted by molar-refractivity contribution is 5.76. The number of hydrogen-bond acceptors (Lipinski definition) is 3. The van der Waals surface area contributed by atoms with Crippen LogP contribution < -0.4 is 5.32 Å². The Kier molecular flexibility index (Phi) is 6.52. The van der Waals surface area contributed by atoms with E-state index in [0.29, 0.717) is 18.4 Å². The van der Waals surface area contributed by atoms with Crippen molar-refractivity contribution in [3.05, 3.63) is 0 Å². The number of hydrogen-bond donors (Lipinski definition) is 1. The molecule has 1 aliphatic rings. The lowest BCUT2D eigenvalue weighted by Crippen LogP contribution is -2.47. The van der Waals surface area contributed by atoms with Gasteiger partial charge in [-0.15, -0.1) is 0 Å². The highest BCUT2D eigenvalue weighted by atomic mass is 16.2. The van der Waals surface area contributed by atoms with E-state index in [9.17, 15) is 4.79 Å². The lowest BCUT2D eigenvalue weighted by molar-refractivity contribution is -0.132. The average Bonchev–Trinajstić information content (AvgIpc) is 2.36. The van der Waals surface area contributed by atoms with Crippen LogP contribution in [0.1, 0.15) is 33.1 Å². The average molecular weight is 241 g/mol. The van der Waals surface area contributed by atoms with Gasteiger partial charge in [-0.25, -0.2) is 0 Å². The number of piperazine rings is 1. The van der Waals surface area contributed by atoms with Crippen molar-refractivity contribution >= 4 is 5.91 Å². The van der Waals surface area contributed by atoms with E-state index in [-0.39, 0.29) is 0 Å². The fraction of sp³-hybridized carbons (Fsp3) is 0.923. The van der Waals surface area contributed by atoms with Crippen LogP contribution in [0.25, 0.3) is 0 Å². The highest BCUT2D eigenvalue weighted by Gasteiger charge is 2.17. The SMILES string of the molecule is CCCC(C)N(C)CCC(=O)N1CCNCC1. The molecule has 1 aliphatic heterocycles. The zero-order valence-electron chi connectivity index (χ0n) is 11.5. The molecule has 4 heteroatoms. The van der Waals surface area contributed by atoms with Gasteiger partial charge in [0.1, 0.15) is 0 Å². The first kappa shape index (κ1) is 14.5. The molecule has 0 aromatic heterocycles. The van der Waals surface area contributed by atoms with E-state index >= 15 is 0 Å². The van der Waals surface area contributed by atoms with Gasteiger partial charge in [0.15, 0.2) is 0 Å². The summed E-state index contributed by atoms with van der Waals surface area (Å²) >= 11 is 0. The molecular weight excluding hydrogens is 214 g/mol. The highest BCUT2D eigenvalue weighted by Crippen LogP contribution is 2.05. The molecule has 0 bridgehead atoms. The van der Waals surface area contributed by atoms with Crippen molar-refractivity contribution in [1.82, 2.24) is 15.1 Å². The van der Waals surface area contributed by atoms with Crippen LogP contribution in [-0.4, -0.2) is 61.5 Å². The summed E-state index contributed by atoms with van der Waals surface area (Å²) in [4.78, 5) is 16.2. The van der Waals surface area contributed by atoms with Gasteiger partial charge in [0.25, 0.3) is 0 Å². The minimum Gasteiger partial charge on any atom is -0.340 e. The van der Waals surface area contributed by atoms with Crippen molar-refractivity contribution in [2.24, 2.45) is 0 Å². The molecule has 1 atom stereocenters. The molecular formula is C13H27N3O. The molecule has 0 aromatic carbocycles. The van der Waals surface area contributed by atoms with Crippen LogP contribution in [0.4, 0.5) is 0 Å². The topological polar surface area (TPSA) is 35.6 Å². The fourth-order valence-corrected chi connectivity index (χ4v) is 2.20. The molecule has 1 amide bonds. The van der Waals surface area contributed by atoms with E-state index in [0.717, 1.165) is 32.7 Å². The van der Waals surface area contributed by atoms with Crippen LogP contribution in [0.5, 0.6) is 0 Å². The summed E-state index contributed by atoms with van der Waals surface area (Å²) in [6.07, 6.45) is 3.07. The van der Waals surface area contributed by atoms with Gasteiger partial charge in [-0.1, -0.05) is 13.3 Å². The zero-order chi connectivity index (χ0) is 12.7. The van der Waals surface area contributed by atoms with E-state index < -0.39 is 0 Å². The third-order valence-corrected chi connectivity index (χ3v) is 3.61. The molecule has 1 unspecified atom stereocenters. The Morgan fingerprint density at radius 3 is 2.65 bits per heavy atom. The lowest BCUT2D eigenvalue weighted by Gasteiger charge is -2.29. The second-order valence-corrected chi connectivity index (χ2v) is 5.00. The number of carbonyl (C=O) groups is 1. The predicted octanol–water partition coefficient (Wildman–Crippen LogP) is 0.929. The molecule has 100 valence electrons. The second-order valence-electron chi connectivity index (χ2n) is 5.00. The lowest BCUT2D eigenvalue weighted by atomic mass is 10.1. The van der Waals surface area contributed by atoms with Gasteiger partial charge in [0.05, 0.1) is 0 Å². The van der Waals surface area contributed by atoms with Crippen LogP contribution in [0.2, 0.25) is 0 Å². The van der Waals surface area contributed by atoms with Crippen molar-refractivity contribution < 1.29 is 4.79 Å². The minimum absolute atomic E-state index is 0.307. The van der Waals surface area contributed by atoms with Crippen LogP contribution in [0.15, 0.2) is 0 Å². The zero-order valence-corrected chi connectivity index (χ0v) is 11.5. The first-order chi connectivity index (χ1) is 8.15. The predicted molar refractivity (Wildman–Crippen MR) is 71.1 cm³/mol. The van der Waals surface area contributed by atoms with E-state index in [1.54, 1.807) is 0 Å². The number of nitrogens with zero attached hydrogens (tertiary/aromatic N) is 2. The molecule has 4 nitrogen and oxygen atoms in total. The maximum Gasteiger partial charge on any atom is 0.223 e. The Morgan fingerprint density at radius 2 is 2.06 bits per heavy atom. The van der Waals surface area contributed by atoms with Gasteiger partial charge >= 0.3 is 0 Å². The molecule has 1 saturated heterocycles. The van der Waals surface area contributed by atoms with Gasteiger partial charge in [0, 0.05) is 45.2 Å². The maximum atomic E-state index is 12.0. The monoisotopic (exact) mass is 241 g/mol. The Hall–Kier alpha value is -0.610. The number of rotatable bonds is 6. The first-order valence-corrected chi connectivity index (χ1v) is 6.84. The number of carbonyl (C=O) groups excluding carboxylic acids is 1. The maximum absolute atomic E-state index is 12.0. The number of nitrogens with one attached hydrogen (secondary N) is 1. The molecule has 0 aromatic rings. The summed E-state index contributed by atoms with van der Waals surface area (Å²) in [5.74, 6) is 0.307. The summed E-state index contributed by atoms with van der Waals surface area (Å²) < 4.78 is 0.